The first kappa shape index (κ1) is 14.5. The van der Waals surface area contributed by atoms with Crippen LogP contribution in [0.5, 0.6) is 0 Å². The minimum atomic E-state index is 0.398. The van der Waals surface area contributed by atoms with Crippen LogP contribution in [-0.4, -0.2) is 25.1 Å². The summed E-state index contributed by atoms with van der Waals surface area (Å²) in [5.41, 5.74) is 2.73. The number of rotatable bonds is 6. The van der Waals surface area contributed by atoms with Crippen molar-refractivity contribution in [2.75, 3.05) is 20.6 Å². The molecule has 0 aliphatic heterocycles. The Bertz CT molecular complexity index is 528. The molecule has 0 aromatic heterocycles. The Hall–Kier alpha value is -1.86. The second-order valence-corrected chi connectivity index (χ2v) is 6.01. The first-order valence-corrected chi connectivity index (χ1v) is 7.14. The van der Waals surface area contributed by atoms with E-state index in [4.69, 9.17) is 0 Å². The molecule has 104 valence electrons. The van der Waals surface area contributed by atoms with Crippen molar-refractivity contribution in [2.24, 2.45) is 0 Å². The Morgan fingerprint density at radius 1 is 0.950 bits per heavy atom. The van der Waals surface area contributed by atoms with Crippen LogP contribution < -0.4 is 0 Å². The topological polar surface area (TPSA) is 0 Å². The largest absolute Gasteiger partial charge is 0.324 e. The summed E-state index contributed by atoms with van der Waals surface area (Å²) < 4.78 is 0.954. The molecule has 0 heterocycles. The van der Waals surface area contributed by atoms with E-state index in [9.17, 15) is 0 Å². The van der Waals surface area contributed by atoms with Crippen LogP contribution in [0.1, 0.15) is 17.0 Å². The minimum Gasteiger partial charge on any atom is -0.324 e. The van der Waals surface area contributed by atoms with E-state index in [1.54, 1.807) is 0 Å². The molecule has 0 aliphatic rings. The van der Waals surface area contributed by atoms with Crippen molar-refractivity contribution in [1.29, 1.82) is 0 Å². The van der Waals surface area contributed by atoms with Crippen molar-refractivity contribution in [3.8, 4) is 0 Å². The van der Waals surface area contributed by atoms with E-state index >= 15 is 0 Å². The van der Waals surface area contributed by atoms with E-state index in [1.807, 2.05) is 0 Å². The summed E-state index contributed by atoms with van der Waals surface area (Å²) in [6.07, 6.45) is 2.07. The lowest BCUT2D eigenvalue weighted by Gasteiger charge is -2.33. The van der Waals surface area contributed by atoms with E-state index < -0.39 is 0 Å². The lowest BCUT2D eigenvalue weighted by atomic mass is 9.98. The Labute approximate surface area is 122 Å². The fourth-order valence-electron chi connectivity index (χ4n) is 2.69. The summed E-state index contributed by atoms with van der Waals surface area (Å²) in [6.45, 7) is 6.12. The number of hydrogen-bond acceptors (Lipinski definition) is 0. The fourth-order valence-corrected chi connectivity index (χ4v) is 2.69. The summed E-state index contributed by atoms with van der Waals surface area (Å²) in [7, 11) is 4.57. The standard InChI is InChI=1S/C19H24N/c1-4-18(19-13-9-6-10-14-19)16-20(2,3)15-17-11-7-5-8-12-17/h4-14,18H,1,15-16H2,2-3H3/q+1. The first-order chi connectivity index (χ1) is 9.61. The highest BCUT2D eigenvalue weighted by Crippen LogP contribution is 2.21. The van der Waals surface area contributed by atoms with Gasteiger partial charge < -0.3 is 4.48 Å². The average Bonchev–Trinajstić information content (AvgIpc) is 2.46. The molecule has 20 heavy (non-hydrogen) atoms. The molecule has 2 aromatic carbocycles. The number of likely N-dealkylation sites (N-methyl/N-ethyl adjacent to an activating group) is 1. The van der Waals surface area contributed by atoms with Crippen LogP contribution in [0, 0.1) is 0 Å². The van der Waals surface area contributed by atoms with Crippen molar-refractivity contribution in [1.82, 2.24) is 0 Å². The fraction of sp³-hybridized carbons (Fsp3) is 0.263. The van der Waals surface area contributed by atoms with E-state index in [1.165, 1.54) is 11.1 Å². The maximum Gasteiger partial charge on any atom is 0.104 e. The maximum atomic E-state index is 4.02. The van der Waals surface area contributed by atoms with Gasteiger partial charge >= 0.3 is 0 Å². The summed E-state index contributed by atoms with van der Waals surface area (Å²) >= 11 is 0. The molecule has 0 saturated carbocycles. The van der Waals surface area contributed by atoms with Gasteiger partial charge in [0.05, 0.1) is 26.6 Å². The van der Waals surface area contributed by atoms with Gasteiger partial charge in [-0.15, -0.1) is 6.58 Å². The molecule has 0 bridgehead atoms. The third kappa shape index (κ3) is 4.07. The number of nitrogens with zero attached hydrogens (tertiary/aromatic N) is 1. The molecule has 1 unspecified atom stereocenters. The molecule has 0 spiro atoms. The van der Waals surface area contributed by atoms with Crippen LogP contribution >= 0.6 is 0 Å². The van der Waals surface area contributed by atoms with Crippen LogP contribution in [0.3, 0.4) is 0 Å². The van der Waals surface area contributed by atoms with Gasteiger partial charge in [-0.1, -0.05) is 66.7 Å². The Morgan fingerprint density at radius 2 is 1.50 bits per heavy atom. The van der Waals surface area contributed by atoms with E-state index in [2.05, 4.69) is 87.4 Å². The molecule has 1 nitrogen and oxygen atoms in total. The molecule has 1 atom stereocenters. The maximum absolute atomic E-state index is 4.02. The zero-order valence-corrected chi connectivity index (χ0v) is 12.5. The SMILES string of the molecule is C=CC(C[N+](C)(C)Cc1ccccc1)c1ccccc1. The van der Waals surface area contributed by atoms with Crippen molar-refractivity contribution >= 4 is 0 Å². The second-order valence-electron chi connectivity index (χ2n) is 6.01. The highest BCUT2D eigenvalue weighted by Gasteiger charge is 2.21. The molecule has 2 rings (SSSR count). The number of quaternary nitrogens is 1. The highest BCUT2D eigenvalue weighted by atomic mass is 15.3. The van der Waals surface area contributed by atoms with Gasteiger partial charge in [0.1, 0.15) is 6.54 Å². The van der Waals surface area contributed by atoms with Gasteiger partial charge in [0.2, 0.25) is 0 Å². The van der Waals surface area contributed by atoms with Crippen molar-refractivity contribution in [3.63, 3.8) is 0 Å². The molecule has 1 heteroatoms. The molecule has 0 radical (unpaired) electrons. The Balaban J connectivity index is 2.08. The van der Waals surface area contributed by atoms with Gasteiger partial charge in [0.25, 0.3) is 0 Å². The zero-order valence-electron chi connectivity index (χ0n) is 12.5. The molecule has 2 aromatic rings. The van der Waals surface area contributed by atoms with Gasteiger partial charge in [-0.3, -0.25) is 0 Å². The average molecular weight is 266 g/mol. The number of benzene rings is 2. The summed E-state index contributed by atoms with van der Waals surface area (Å²) in [5, 5.41) is 0. The van der Waals surface area contributed by atoms with Crippen LogP contribution in [-0.2, 0) is 6.54 Å². The smallest absolute Gasteiger partial charge is 0.104 e. The highest BCUT2D eigenvalue weighted by molar-refractivity contribution is 5.23. The van der Waals surface area contributed by atoms with Gasteiger partial charge in [-0.25, -0.2) is 0 Å². The quantitative estimate of drug-likeness (QED) is 0.542. The summed E-state index contributed by atoms with van der Waals surface area (Å²) in [5.74, 6) is 0.398. The summed E-state index contributed by atoms with van der Waals surface area (Å²) in [4.78, 5) is 0. The van der Waals surface area contributed by atoms with Crippen LogP contribution in [0.2, 0.25) is 0 Å². The molecule has 0 aliphatic carbocycles. The Kier molecular flexibility index (Phi) is 4.75. The van der Waals surface area contributed by atoms with Crippen LogP contribution in [0.15, 0.2) is 73.3 Å². The third-order valence-corrected chi connectivity index (χ3v) is 3.66. The van der Waals surface area contributed by atoms with Crippen LogP contribution in [0.25, 0.3) is 0 Å². The van der Waals surface area contributed by atoms with Gasteiger partial charge in [0.15, 0.2) is 0 Å². The van der Waals surface area contributed by atoms with Gasteiger partial charge in [0, 0.05) is 5.56 Å². The lowest BCUT2D eigenvalue weighted by Crippen LogP contribution is -2.41. The first-order valence-electron chi connectivity index (χ1n) is 7.14. The number of hydrogen-bond donors (Lipinski definition) is 0. The second kappa shape index (κ2) is 6.53. The van der Waals surface area contributed by atoms with Crippen molar-refractivity contribution in [3.05, 3.63) is 84.4 Å². The normalized spacial score (nSPS) is 12.9. The molecular weight excluding hydrogens is 242 g/mol. The lowest BCUT2D eigenvalue weighted by molar-refractivity contribution is -0.904. The monoisotopic (exact) mass is 266 g/mol. The predicted octanol–water partition coefficient (Wildman–Crippen LogP) is 4.23. The molecular formula is C19H24N+. The van der Waals surface area contributed by atoms with Gasteiger partial charge in [-0.2, -0.15) is 0 Å². The van der Waals surface area contributed by atoms with Crippen LogP contribution in [0.4, 0.5) is 0 Å². The van der Waals surface area contributed by atoms with Crippen molar-refractivity contribution < 1.29 is 4.48 Å². The molecule has 0 fully saturated rings. The van der Waals surface area contributed by atoms with E-state index in [0.717, 1.165) is 17.6 Å². The zero-order chi connectivity index (χ0) is 14.4. The molecule has 0 amide bonds. The minimum absolute atomic E-state index is 0.398. The van der Waals surface area contributed by atoms with E-state index in [0.29, 0.717) is 5.92 Å². The molecule has 0 saturated heterocycles. The Morgan fingerprint density at radius 3 is 2.05 bits per heavy atom. The van der Waals surface area contributed by atoms with Gasteiger partial charge in [-0.05, 0) is 5.56 Å². The summed E-state index contributed by atoms with van der Waals surface area (Å²) in [6, 6.07) is 21.3. The molecule has 0 N–H and O–H groups in total. The predicted molar refractivity (Wildman–Crippen MR) is 86.5 cm³/mol. The van der Waals surface area contributed by atoms with Crippen molar-refractivity contribution in [2.45, 2.75) is 12.5 Å². The van der Waals surface area contributed by atoms with E-state index in [-0.39, 0.29) is 0 Å². The third-order valence-electron chi connectivity index (χ3n) is 3.66.